The standard InChI is InChI=1S/C38H32ClF9N6O4S/c1-35(2,56)9-8-23-4-5-25(26-6-7-27(39)29-28(18-59(49,57)58)51-53(3)32(26)29)31(50-23)20(12-19-13-21(40)16-22(41)14-19)15-24(55)17-54-34-30(33(52-54)38(46,47)48)36(42,43)10-11-37(34,44)45/h4-7,13-14,16,20,56H,10-12,15,17-18H2,1-3H3,(H2,49,57,58)/t20-/m1/s1. The van der Waals surface area contributed by atoms with Gasteiger partial charge in [0.15, 0.2) is 11.5 Å². The van der Waals surface area contributed by atoms with E-state index in [2.05, 4.69) is 27.0 Å². The highest BCUT2D eigenvalue weighted by atomic mass is 35.5. The highest BCUT2D eigenvalue weighted by Crippen LogP contribution is 2.53. The first-order valence-electron chi connectivity index (χ1n) is 17.5. The van der Waals surface area contributed by atoms with E-state index in [0.717, 1.165) is 12.1 Å². The highest BCUT2D eigenvalue weighted by Gasteiger charge is 2.57. The number of carbonyl (C=O) groups excluding carboxylic acids is 1. The third-order valence-electron chi connectivity index (χ3n) is 9.34. The van der Waals surface area contributed by atoms with Crippen LogP contribution in [0.5, 0.6) is 0 Å². The molecule has 314 valence electrons. The molecule has 3 heterocycles. The van der Waals surface area contributed by atoms with Crippen LogP contribution in [0.1, 0.15) is 78.6 Å². The molecule has 1 aliphatic rings. The van der Waals surface area contributed by atoms with E-state index in [0.29, 0.717) is 6.07 Å². The van der Waals surface area contributed by atoms with Crippen molar-refractivity contribution in [2.75, 3.05) is 0 Å². The number of carbonyl (C=O) groups is 1. The average Bonchev–Trinajstić information content (AvgIpc) is 3.64. The number of hydrogen-bond acceptors (Lipinski definition) is 7. The van der Waals surface area contributed by atoms with Gasteiger partial charge in [-0.1, -0.05) is 23.6 Å². The van der Waals surface area contributed by atoms with E-state index >= 15 is 8.78 Å². The number of ketones is 1. The monoisotopic (exact) mass is 874 g/mol. The fraction of sp³-hybridized carbons (Fsp3) is 0.368. The van der Waals surface area contributed by atoms with Gasteiger partial charge < -0.3 is 5.11 Å². The van der Waals surface area contributed by atoms with Crippen molar-refractivity contribution >= 4 is 38.3 Å². The predicted molar refractivity (Wildman–Crippen MR) is 196 cm³/mol. The summed E-state index contributed by atoms with van der Waals surface area (Å²) in [5, 5.41) is 23.2. The zero-order valence-corrected chi connectivity index (χ0v) is 32.6. The number of fused-ring (bicyclic) bond motifs is 2. The molecule has 3 N–H and O–H groups in total. The van der Waals surface area contributed by atoms with Gasteiger partial charge in [-0.2, -0.15) is 32.1 Å². The molecule has 3 aromatic heterocycles. The first-order valence-corrected chi connectivity index (χ1v) is 19.6. The SMILES string of the molecule is Cn1nc(CS(N)(=O)=O)c2c(Cl)ccc(-c3ccc(C#CC(C)(C)O)nc3[C@@H](CC(=O)Cn3nc(C(F)(F)F)c4c3C(F)(F)CCC4(F)F)Cc3cc(F)cc(F)c3)c21. The smallest absolute Gasteiger partial charge is 0.378 e. The Morgan fingerprint density at radius 2 is 1.63 bits per heavy atom. The molecule has 0 spiro atoms. The second kappa shape index (κ2) is 15.2. The Morgan fingerprint density at radius 3 is 2.24 bits per heavy atom. The molecule has 0 saturated heterocycles. The number of halogens is 10. The van der Waals surface area contributed by atoms with E-state index in [4.69, 9.17) is 16.7 Å². The van der Waals surface area contributed by atoms with Gasteiger partial charge in [0.2, 0.25) is 10.0 Å². The zero-order valence-electron chi connectivity index (χ0n) is 31.0. The van der Waals surface area contributed by atoms with Gasteiger partial charge in [0, 0.05) is 54.8 Å². The minimum absolute atomic E-state index is 0.0169. The number of pyridine rings is 1. The minimum Gasteiger partial charge on any atom is -0.378 e. The number of sulfonamides is 1. The quantitative estimate of drug-likeness (QED) is 0.108. The van der Waals surface area contributed by atoms with E-state index in [1.807, 2.05) is 0 Å². The molecule has 0 aliphatic heterocycles. The molecule has 5 aromatic rings. The molecule has 2 aromatic carbocycles. The minimum atomic E-state index is -5.60. The summed E-state index contributed by atoms with van der Waals surface area (Å²) in [6.07, 6.45) is -9.99. The van der Waals surface area contributed by atoms with Crippen molar-refractivity contribution in [2.45, 2.75) is 81.4 Å². The average molecular weight is 875 g/mol. The highest BCUT2D eigenvalue weighted by molar-refractivity contribution is 7.88. The largest absolute Gasteiger partial charge is 0.435 e. The van der Waals surface area contributed by atoms with Gasteiger partial charge >= 0.3 is 6.18 Å². The predicted octanol–water partition coefficient (Wildman–Crippen LogP) is 7.66. The first kappa shape index (κ1) is 43.6. The molecule has 0 bridgehead atoms. The van der Waals surface area contributed by atoms with Crippen molar-refractivity contribution in [3.05, 3.63) is 98.7 Å². The van der Waals surface area contributed by atoms with E-state index in [9.17, 15) is 49.1 Å². The van der Waals surface area contributed by atoms with Crippen LogP contribution in [-0.4, -0.2) is 49.5 Å². The summed E-state index contributed by atoms with van der Waals surface area (Å²) in [7, 11) is -2.68. The van der Waals surface area contributed by atoms with Gasteiger partial charge in [0.05, 0.1) is 27.5 Å². The summed E-state index contributed by atoms with van der Waals surface area (Å²) in [5.41, 5.74) is -7.13. The lowest BCUT2D eigenvalue weighted by atomic mass is 9.86. The molecule has 10 nitrogen and oxygen atoms in total. The Balaban J connectivity index is 1.56. The number of alkyl halides is 7. The van der Waals surface area contributed by atoms with Crippen LogP contribution in [0.3, 0.4) is 0 Å². The lowest BCUT2D eigenvalue weighted by Gasteiger charge is -2.30. The Kier molecular flexibility index (Phi) is 11.3. The molecule has 0 saturated carbocycles. The third kappa shape index (κ3) is 9.43. The topological polar surface area (TPSA) is 146 Å². The van der Waals surface area contributed by atoms with E-state index in [1.165, 1.54) is 49.8 Å². The molecule has 1 aliphatic carbocycles. The van der Waals surface area contributed by atoms with Crippen molar-refractivity contribution in [3.63, 3.8) is 0 Å². The number of aliphatic hydroxyl groups is 1. The van der Waals surface area contributed by atoms with Crippen molar-refractivity contribution in [2.24, 2.45) is 12.2 Å². The number of aryl methyl sites for hydroxylation is 1. The van der Waals surface area contributed by atoms with Crippen LogP contribution < -0.4 is 5.14 Å². The summed E-state index contributed by atoms with van der Waals surface area (Å²) in [4.78, 5) is 18.6. The maximum absolute atomic E-state index is 15.2. The molecular weight excluding hydrogens is 843 g/mol. The van der Waals surface area contributed by atoms with Crippen LogP contribution in [-0.2, 0) is 58.6 Å². The molecule has 21 heteroatoms. The number of benzene rings is 2. The first-order chi connectivity index (χ1) is 27.1. The van der Waals surface area contributed by atoms with Gasteiger partial charge in [-0.25, -0.2) is 36.1 Å². The molecule has 0 unspecified atom stereocenters. The van der Waals surface area contributed by atoms with Gasteiger partial charge in [0.1, 0.15) is 40.9 Å². The van der Waals surface area contributed by atoms with Crippen LogP contribution in [0.25, 0.3) is 22.0 Å². The molecule has 6 rings (SSSR count). The summed E-state index contributed by atoms with van der Waals surface area (Å²) in [6.45, 7) is 1.40. The lowest BCUT2D eigenvalue weighted by Crippen LogP contribution is -2.34. The number of primary sulfonamides is 1. The zero-order chi connectivity index (χ0) is 43.6. The molecule has 0 radical (unpaired) electrons. The number of nitrogens with two attached hydrogens (primary N) is 1. The van der Waals surface area contributed by atoms with Crippen LogP contribution >= 0.6 is 11.6 Å². The van der Waals surface area contributed by atoms with Crippen molar-refractivity contribution in [3.8, 4) is 23.0 Å². The van der Waals surface area contributed by atoms with E-state index < -0.39 is 112 Å². The lowest BCUT2D eigenvalue weighted by molar-refractivity contribution is -0.149. The van der Waals surface area contributed by atoms with Gasteiger partial charge in [-0.3, -0.25) is 14.2 Å². The van der Waals surface area contributed by atoms with Crippen LogP contribution in [0.15, 0.2) is 42.5 Å². The molecule has 1 atom stereocenters. The number of hydrogen-bond donors (Lipinski definition) is 2. The fourth-order valence-electron chi connectivity index (χ4n) is 7.10. The van der Waals surface area contributed by atoms with Gasteiger partial charge in [-0.05, 0) is 62.1 Å². The molecule has 0 amide bonds. The van der Waals surface area contributed by atoms with Crippen molar-refractivity contribution < 1.29 is 57.8 Å². The summed E-state index contributed by atoms with van der Waals surface area (Å²) in [6, 6.07) is 8.21. The number of Topliss-reactive ketones (excluding diaryl/α,β-unsaturated/α-hetero) is 1. The number of nitrogens with zero attached hydrogens (tertiary/aromatic N) is 5. The summed E-state index contributed by atoms with van der Waals surface area (Å²) < 4.78 is 157. The van der Waals surface area contributed by atoms with E-state index in [-0.39, 0.29) is 54.4 Å². The van der Waals surface area contributed by atoms with Gasteiger partial charge in [-0.15, -0.1) is 0 Å². The molecular formula is C38H32ClF9N6O4S. The fourth-order valence-corrected chi connectivity index (χ4v) is 7.95. The summed E-state index contributed by atoms with van der Waals surface area (Å²) in [5.74, 6) is -8.56. The number of aromatic nitrogens is 5. The Morgan fingerprint density at radius 1 is 1.00 bits per heavy atom. The maximum atomic E-state index is 15.2. The Labute approximate surface area is 335 Å². The van der Waals surface area contributed by atoms with Crippen LogP contribution in [0.4, 0.5) is 39.5 Å². The number of rotatable bonds is 10. The Hall–Kier alpha value is -4.97. The third-order valence-corrected chi connectivity index (χ3v) is 10.3. The van der Waals surface area contributed by atoms with Gasteiger partial charge in [0.25, 0.3) is 11.8 Å². The molecule has 0 fully saturated rings. The molecule has 59 heavy (non-hydrogen) atoms. The van der Waals surface area contributed by atoms with Crippen molar-refractivity contribution in [1.29, 1.82) is 0 Å². The second-order valence-electron chi connectivity index (χ2n) is 14.7. The summed E-state index contributed by atoms with van der Waals surface area (Å²) >= 11 is 6.53. The van der Waals surface area contributed by atoms with E-state index in [1.54, 1.807) is 0 Å². The Bertz CT molecular complexity index is 2660. The second-order valence-corrected chi connectivity index (χ2v) is 16.7. The normalized spacial score (nSPS) is 15.8. The van der Waals surface area contributed by atoms with Crippen molar-refractivity contribution in [1.82, 2.24) is 24.5 Å². The van der Waals surface area contributed by atoms with Crippen LogP contribution in [0, 0.1) is 23.5 Å². The van der Waals surface area contributed by atoms with Crippen LogP contribution in [0.2, 0.25) is 5.02 Å². The maximum Gasteiger partial charge on any atom is 0.435 e.